The van der Waals surface area contributed by atoms with Crippen molar-refractivity contribution in [2.75, 3.05) is 18.8 Å². The molecule has 4 aromatic rings. The second-order valence-electron chi connectivity index (χ2n) is 9.25. The number of nitrogen functional groups attached to an aromatic ring is 1. The number of aliphatic carboxylic acids is 1. The number of thiazole rings is 1. The number of anilines is 1. The van der Waals surface area contributed by atoms with E-state index in [0.29, 0.717) is 34.9 Å². The average Bonchev–Trinajstić information content (AvgIpc) is 3.42. The molecule has 42 heavy (non-hydrogen) atoms. The van der Waals surface area contributed by atoms with E-state index in [0.717, 1.165) is 4.70 Å². The Hall–Kier alpha value is -3.76. The number of H-pyrrole nitrogens is 1. The molecule has 224 valence electrons. The quantitative estimate of drug-likeness (QED) is 0.167. The third-order valence-electron chi connectivity index (χ3n) is 6.63. The van der Waals surface area contributed by atoms with Crippen LogP contribution in [0.3, 0.4) is 0 Å². The topological polar surface area (TPSA) is 249 Å². The van der Waals surface area contributed by atoms with Gasteiger partial charge in [-0.3, -0.25) is 0 Å². The van der Waals surface area contributed by atoms with Crippen LogP contribution in [-0.4, -0.2) is 78.8 Å². The Bertz CT molecular complexity index is 1890. The second kappa shape index (κ2) is 10.5. The highest BCUT2D eigenvalue weighted by atomic mass is 32.2. The van der Waals surface area contributed by atoms with Crippen LogP contribution in [-0.2, 0) is 24.8 Å². The van der Waals surface area contributed by atoms with Crippen LogP contribution in [0.1, 0.15) is 0 Å². The molecule has 6 rings (SSSR count). The van der Waals surface area contributed by atoms with Crippen LogP contribution in [0.5, 0.6) is 0 Å². The molecule has 2 unspecified atom stereocenters. The lowest BCUT2D eigenvalue weighted by molar-refractivity contribution is -0.192. The predicted molar refractivity (Wildman–Crippen MR) is 142 cm³/mol. The number of carboxylic acid groups (broad SMARTS) is 1. The van der Waals surface area contributed by atoms with Crippen molar-refractivity contribution in [1.82, 2.24) is 35.6 Å². The van der Waals surface area contributed by atoms with Crippen LogP contribution in [0, 0.1) is 11.8 Å². The smallest absolute Gasteiger partial charge is 0.475 e. The number of benzene rings is 2. The number of aromatic amines is 1. The fourth-order valence-corrected chi connectivity index (χ4v) is 8.51. The van der Waals surface area contributed by atoms with Crippen molar-refractivity contribution < 1.29 is 39.9 Å². The summed E-state index contributed by atoms with van der Waals surface area (Å²) < 4.78 is 87.9. The van der Waals surface area contributed by atoms with Gasteiger partial charge in [0, 0.05) is 11.6 Å². The number of hydrogen-bond acceptors (Lipinski definition) is 12. The zero-order valence-corrected chi connectivity index (χ0v) is 23.3. The summed E-state index contributed by atoms with van der Waals surface area (Å²) in [5.41, 5.74) is 7.20. The van der Waals surface area contributed by atoms with Gasteiger partial charge in [0.05, 0.1) is 15.8 Å². The molecule has 15 nitrogen and oxygen atoms in total. The van der Waals surface area contributed by atoms with Gasteiger partial charge >= 0.3 is 12.1 Å². The van der Waals surface area contributed by atoms with Crippen molar-refractivity contribution in [3.05, 3.63) is 30.3 Å². The molecule has 0 radical (unpaired) electrons. The molecule has 0 amide bonds. The minimum Gasteiger partial charge on any atom is -0.475 e. The van der Waals surface area contributed by atoms with Crippen LogP contribution in [0.2, 0.25) is 0 Å². The van der Waals surface area contributed by atoms with Gasteiger partial charge in [0.15, 0.2) is 11.0 Å². The lowest BCUT2D eigenvalue weighted by Crippen LogP contribution is -2.34. The highest BCUT2D eigenvalue weighted by Gasteiger charge is 2.54. The first kappa shape index (κ1) is 29.7. The summed E-state index contributed by atoms with van der Waals surface area (Å²) in [6.07, 6.45) is -5.08. The molecule has 1 aliphatic heterocycles. The molecule has 2 aliphatic rings. The number of carbonyl (C=O) groups is 1. The number of nitrogens with two attached hydrogens (primary N) is 2. The number of nitrogens with one attached hydrogen (secondary N) is 3. The molecule has 2 atom stereocenters. The molecular weight excluding hydrogens is 627 g/mol. The van der Waals surface area contributed by atoms with E-state index < -0.39 is 42.0 Å². The molecule has 1 saturated heterocycles. The van der Waals surface area contributed by atoms with Gasteiger partial charge < -0.3 is 16.2 Å². The first-order valence-corrected chi connectivity index (χ1v) is 15.6. The molecule has 3 heterocycles. The fourth-order valence-electron chi connectivity index (χ4n) is 4.80. The maximum absolute atomic E-state index is 13.4. The number of halogens is 3. The number of sulfonamides is 2. The number of hydrogen-bond donors (Lipinski definition) is 6. The first-order chi connectivity index (χ1) is 19.6. The Morgan fingerprint density at radius 2 is 1.76 bits per heavy atom. The van der Waals surface area contributed by atoms with E-state index in [1.807, 2.05) is 6.07 Å². The third kappa shape index (κ3) is 5.65. The van der Waals surface area contributed by atoms with Gasteiger partial charge in [-0.25, -0.2) is 41.6 Å². The van der Waals surface area contributed by atoms with Gasteiger partial charge in [0.2, 0.25) is 20.0 Å². The number of rotatable bonds is 6. The normalized spacial score (nSPS) is 20.1. The number of nitrogens with zero attached hydrogens (tertiary/aromatic N) is 4. The van der Waals surface area contributed by atoms with Gasteiger partial charge in [-0.05, 0) is 53.0 Å². The van der Waals surface area contributed by atoms with Crippen LogP contribution in [0.4, 0.5) is 18.3 Å². The minimum atomic E-state index is -5.08. The molecule has 8 N–H and O–H groups in total. The number of alkyl halides is 3. The van der Waals surface area contributed by atoms with Gasteiger partial charge in [0.25, 0.3) is 0 Å². The largest absolute Gasteiger partial charge is 0.490 e. The van der Waals surface area contributed by atoms with Crippen LogP contribution in [0.15, 0.2) is 40.1 Å². The molecule has 2 aromatic heterocycles. The zero-order chi connectivity index (χ0) is 30.6. The summed E-state index contributed by atoms with van der Waals surface area (Å²) in [5.74, 6) is -2.47. The molecule has 1 aliphatic carbocycles. The highest BCUT2D eigenvalue weighted by molar-refractivity contribution is 7.92. The van der Waals surface area contributed by atoms with Crippen molar-refractivity contribution in [2.45, 2.75) is 22.0 Å². The number of primary sulfonamides is 1. The minimum absolute atomic E-state index is 0.0613. The summed E-state index contributed by atoms with van der Waals surface area (Å²) in [6, 6.07) is 7.78. The zero-order valence-electron chi connectivity index (χ0n) is 20.8. The van der Waals surface area contributed by atoms with Gasteiger partial charge in [-0.2, -0.15) is 13.2 Å². The van der Waals surface area contributed by atoms with Crippen LogP contribution in [0.25, 0.3) is 32.7 Å². The summed E-state index contributed by atoms with van der Waals surface area (Å²) in [6.45, 7) is 1.41. The molecule has 1 saturated carbocycles. The van der Waals surface area contributed by atoms with Crippen molar-refractivity contribution in [3.63, 3.8) is 0 Å². The maximum Gasteiger partial charge on any atom is 0.490 e. The summed E-state index contributed by atoms with van der Waals surface area (Å²) in [4.78, 5) is 12.2. The average molecular weight is 648 g/mol. The van der Waals surface area contributed by atoms with Gasteiger partial charge in [0.1, 0.15) is 9.79 Å². The van der Waals surface area contributed by atoms with E-state index in [-0.39, 0.29) is 29.3 Å². The number of para-hydroxylation sites is 1. The highest BCUT2D eigenvalue weighted by Crippen LogP contribution is 2.45. The van der Waals surface area contributed by atoms with Crippen molar-refractivity contribution in [3.8, 4) is 22.5 Å². The molecule has 0 bridgehead atoms. The number of carboxylic acids is 1. The predicted octanol–water partition coefficient (Wildman–Crippen LogP) is 0.502. The van der Waals surface area contributed by atoms with Crippen molar-refractivity contribution in [2.24, 2.45) is 17.0 Å². The molecule has 2 aromatic carbocycles. The van der Waals surface area contributed by atoms with Crippen LogP contribution >= 0.6 is 11.3 Å². The SMILES string of the molecule is Nc1nc2c(-c3ccc(S(=O)(=O)NC4C5CNCC54)c(S(N)(=O)=O)c3-c3nnn[nH]3)cccc2s1.O=C(O)C(F)(F)F. The molecule has 2 fully saturated rings. The molecule has 21 heteroatoms. The van der Waals surface area contributed by atoms with E-state index >= 15 is 0 Å². The monoisotopic (exact) mass is 647 g/mol. The van der Waals surface area contributed by atoms with Gasteiger partial charge in [-0.1, -0.05) is 29.5 Å². The Balaban J connectivity index is 0.000000451. The summed E-state index contributed by atoms with van der Waals surface area (Å²) in [5, 5.41) is 29.8. The summed E-state index contributed by atoms with van der Waals surface area (Å²) >= 11 is 1.27. The fraction of sp³-hybridized carbons (Fsp3) is 0.286. The first-order valence-electron chi connectivity index (χ1n) is 11.7. The van der Waals surface area contributed by atoms with E-state index in [4.69, 9.17) is 20.8 Å². The Morgan fingerprint density at radius 3 is 2.33 bits per heavy atom. The third-order valence-corrected chi connectivity index (χ3v) is 10.1. The van der Waals surface area contributed by atoms with E-state index in [1.54, 1.807) is 12.1 Å². The Labute approximate surface area is 238 Å². The van der Waals surface area contributed by atoms with Gasteiger partial charge in [-0.15, -0.1) is 5.10 Å². The van der Waals surface area contributed by atoms with E-state index in [1.165, 1.54) is 23.5 Å². The second-order valence-corrected chi connectivity index (χ2v) is 13.5. The lowest BCUT2D eigenvalue weighted by Gasteiger charge is -2.17. The number of tetrazole rings is 1. The Kier molecular flexibility index (Phi) is 7.43. The van der Waals surface area contributed by atoms with Crippen molar-refractivity contribution >= 4 is 52.7 Å². The number of aromatic nitrogens is 5. The standard InChI is InChI=1S/C19H19N9O4S3.C2HF3O2/c20-19-23-16-9(2-1-3-12(16)33-19)8-4-5-13(35(31,32)26-15-10-6-22-7-11(10)15)17(34(21,29)30)14(8)18-24-27-28-25-18;3-2(4,5)1(6)7/h1-5,10-11,15,22,26H,6-7H2,(H2,20,23)(H2,21,29,30)(H,24,25,27,28);(H,6,7). The number of fused-ring (bicyclic) bond motifs is 2. The number of piperidine rings is 1. The van der Waals surface area contributed by atoms with E-state index in [2.05, 4.69) is 35.6 Å². The van der Waals surface area contributed by atoms with Crippen LogP contribution < -0.4 is 20.9 Å². The Morgan fingerprint density at radius 1 is 1.10 bits per heavy atom. The van der Waals surface area contributed by atoms with E-state index in [9.17, 15) is 30.0 Å². The molecular formula is C21H20F3N9O6S3. The molecule has 0 spiro atoms. The summed E-state index contributed by atoms with van der Waals surface area (Å²) in [7, 11) is -8.83. The van der Waals surface area contributed by atoms with Crippen molar-refractivity contribution in [1.29, 1.82) is 0 Å². The lowest BCUT2D eigenvalue weighted by atomic mass is 9.98. The maximum atomic E-state index is 13.4.